The highest BCUT2D eigenvalue weighted by Gasteiger charge is 2.50. The maximum atomic E-state index is 11.9. The fourth-order valence-electron chi connectivity index (χ4n) is 5.37. The number of rotatable bonds is 11. The first-order valence-electron chi connectivity index (χ1n) is 13.9. The number of esters is 1. The van der Waals surface area contributed by atoms with Crippen LogP contribution in [0.25, 0.3) is 0 Å². The molecule has 5 atom stereocenters. The van der Waals surface area contributed by atoms with E-state index in [4.69, 9.17) is 9.73 Å². The Morgan fingerprint density at radius 2 is 2.00 bits per heavy atom. The van der Waals surface area contributed by atoms with E-state index in [9.17, 15) is 19.8 Å². The number of carbonyl (C=O) groups excluding carboxylic acids is 1. The highest BCUT2D eigenvalue weighted by atomic mass is 32.2. The van der Waals surface area contributed by atoms with Crippen LogP contribution in [0.15, 0.2) is 28.2 Å². The molecule has 0 aromatic heterocycles. The molecule has 0 saturated carbocycles. The molecule has 3 aliphatic rings. The van der Waals surface area contributed by atoms with Crippen molar-refractivity contribution >= 4 is 57.3 Å². The number of carboxylic acid groups (broad SMARTS) is 1. The lowest BCUT2D eigenvalue weighted by Gasteiger charge is -2.38. The second kappa shape index (κ2) is 12.8. The van der Waals surface area contributed by atoms with Crippen LogP contribution in [0.1, 0.15) is 65.0 Å². The summed E-state index contributed by atoms with van der Waals surface area (Å²) in [5.74, 6) is 1.22. The van der Waals surface area contributed by atoms with Crippen LogP contribution in [-0.4, -0.2) is 90.5 Å². The van der Waals surface area contributed by atoms with Crippen molar-refractivity contribution in [3.05, 3.63) is 29.3 Å². The molecule has 40 heavy (non-hydrogen) atoms. The largest absolute Gasteiger partial charge is 0.479 e. The summed E-state index contributed by atoms with van der Waals surface area (Å²) < 4.78 is 5.62. The van der Waals surface area contributed by atoms with Crippen LogP contribution in [-0.2, 0) is 16.0 Å². The highest BCUT2D eigenvalue weighted by molar-refractivity contribution is 8.15. The molecule has 0 bridgehead atoms. The lowest BCUT2D eigenvalue weighted by atomic mass is 9.83. The summed E-state index contributed by atoms with van der Waals surface area (Å²) >= 11 is 4.94. The van der Waals surface area contributed by atoms with Gasteiger partial charge in [0.2, 0.25) is 0 Å². The second-order valence-electron chi connectivity index (χ2n) is 11.6. The minimum atomic E-state index is -1.15. The molecule has 1 aromatic carbocycles. The van der Waals surface area contributed by atoms with Gasteiger partial charge in [0.05, 0.1) is 28.1 Å². The van der Waals surface area contributed by atoms with Gasteiger partial charge in [-0.15, -0.1) is 35.3 Å². The highest BCUT2D eigenvalue weighted by Crippen LogP contribution is 2.44. The molecule has 3 heterocycles. The summed E-state index contributed by atoms with van der Waals surface area (Å²) in [6.45, 7) is 9.15. The number of hydrogen-bond donors (Lipinski definition) is 2. The molecule has 0 unspecified atom stereocenters. The first-order chi connectivity index (χ1) is 18.9. The summed E-state index contributed by atoms with van der Waals surface area (Å²) in [6, 6.07) is 5.81. The Labute approximate surface area is 250 Å². The Kier molecular flexibility index (Phi) is 10.0. The van der Waals surface area contributed by atoms with Gasteiger partial charge in [0.15, 0.2) is 5.54 Å². The van der Waals surface area contributed by atoms with E-state index in [0.29, 0.717) is 16.5 Å². The van der Waals surface area contributed by atoms with Crippen molar-refractivity contribution in [3.8, 4) is 5.75 Å². The quantitative estimate of drug-likeness (QED) is 0.205. The van der Waals surface area contributed by atoms with E-state index in [0.717, 1.165) is 53.4 Å². The number of aliphatic hydroxyl groups excluding tert-OH is 1. The molecule has 11 heteroatoms. The number of thioether (sulfide) groups is 3. The Bertz CT molecular complexity index is 1190. The van der Waals surface area contributed by atoms with Crippen molar-refractivity contribution in [2.45, 2.75) is 89.4 Å². The van der Waals surface area contributed by atoms with Gasteiger partial charge in [-0.3, -0.25) is 19.7 Å². The molecule has 3 aliphatic heterocycles. The van der Waals surface area contributed by atoms with Crippen molar-refractivity contribution in [3.63, 3.8) is 0 Å². The van der Waals surface area contributed by atoms with E-state index >= 15 is 0 Å². The maximum absolute atomic E-state index is 11.9. The van der Waals surface area contributed by atoms with Crippen molar-refractivity contribution in [2.75, 3.05) is 24.3 Å². The predicted octanol–water partition coefficient (Wildman–Crippen LogP) is 4.96. The normalized spacial score (nSPS) is 27.9. The average Bonchev–Trinajstić information content (AvgIpc) is 3.63. The zero-order chi connectivity index (χ0) is 29.2. The summed E-state index contributed by atoms with van der Waals surface area (Å²) in [5, 5.41) is 22.9. The lowest BCUT2D eigenvalue weighted by molar-refractivity contribution is -0.141. The van der Waals surface area contributed by atoms with E-state index in [-0.39, 0.29) is 23.4 Å². The maximum Gasteiger partial charge on any atom is 0.332 e. The molecule has 8 nitrogen and oxygen atoms in total. The molecular weight excluding hydrogens is 567 g/mol. The standard InChI is InChI=1S/C29H41N3O5S3/c1-7-8-9-11-18-12-10-13-21(37-17(2)33)22(18)24-30-19(14-38-24)25-32(6)20(15-39-25)23(34)28(3,4)26-31-29(5,16-40-26)27(35)36/h10,12-13,19-20,23,25,34H,7-9,11,14-16H2,1-6H3,(H,35,36)/t19-,20+,23-,25-,29-/m1/s1. The molecule has 0 radical (unpaired) electrons. The average molecular weight is 608 g/mol. The van der Waals surface area contributed by atoms with E-state index in [1.807, 2.05) is 33.0 Å². The third kappa shape index (κ3) is 6.43. The fraction of sp³-hybridized carbons (Fsp3) is 0.655. The number of carbonyl (C=O) groups is 2. The van der Waals surface area contributed by atoms with Crippen LogP contribution in [0.3, 0.4) is 0 Å². The number of nitrogens with zero attached hydrogens (tertiary/aromatic N) is 3. The Balaban J connectivity index is 1.53. The van der Waals surface area contributed by atoms with Crippen LogP contribution in [0.2, 0.25) is 0 Å². The van der Waals surface area contributed by atoms with Crippen LogP contribution < -0.4 is 4.74 Å². The zero-order valence-corrected chi connectivity index (χ0v) is 26.6. The van der Waals surface area contributed by atoms with E-state index in [1.54, 1.807) is 30.4 Å². The Hall–Kier alpha value is -1.53. The number of aliphatic hydroxyl groups is 1. The van der Waals surface area contributed by atoms with Gasteiger partial charge in [-0.05, 0) is 38.4 Å². The monoisotopic (exact) mass is 607 g/mol. The Morgan fingerprint density at radius 3 is 2.65 bits per heavy atom. The van der Waals surface area contributed by atoms with Gasteiger partial charge in [-0.2, -0.15) is 0 Å². The molecule has 1 saturated heterocycles. The SMILES string of the molecule is CCCCCc1cccc(OC(C)=O)c1C1=N[C@@H]([C@H]2SC[C@@H]([C@@H](O)C(C)(C)C3=N[C@@](C)(C(=O)O)CS3)N2C)CS1. The number of aliphatic carboxylic acids is 1. The smallest absolute Gasteiger partial charge is 0.332 e. The number of aliphatic imine (C=N–C) groups is 2. The van der Waals surface area contributed by atoms with Gasteiger partial charge < -0.3 is 14.9 Å². The number of aryl methyl sites for hydroxylation is 1. The number of benzene rings is 1. The molecule has 1 fully saturated rings. The molecule has 0 amide bonds. The first kappa shape index (κ1) is 31.4. The number of ether oxygens (including phenoxy) is 1. The van der Waals surface area contributed by atoms with Crippen LogP contribution in [0, 0.1) is 5.41 Å². The van der Waals surface area contributed by atoms with Gasteiger partial charge in [0.25, 0.3) is 0 Å². The van der Waals surface area contributed by atoms with Crippen molar-refractivity contribution in [2.24, 2.45) is 15.4 Å². The summed E-state index contributed by atoms with van der Waals surface area (Å²) in [7, 11) is 2.04. The predicted molar refractivity (Wildman–Crippen MR) is 167 cm³/mol. The molecule has 2 N–H and O–H groups in total. The van der Waals surface area contributed by atoms with Gasteiger partial charge in [-0.25, -0.2) is 4.79 Å². The van der Waals surface area contributed by atoms with E-state index < -0.39 is 23.0 Å². The molecular formula is C29H41N3O5S3. The topological polar surface area (TPSA) is 112 Å². The zero-order valence-electron chi connectivity index (χ0n) is 24.2. The third-order valence-corrected chi connectivity index (χ3v) is 12.2. The Morgan fingerprint density at radius 1 is 1.25 bits per heavy atom. The van der Waals surface area contributed by atoms with Gasteiger partial charge in [-0.1, -0.05) is 45.7 Å². The number of unbranched alkanes of at least 4 members (excludes halogenated alkanes) is 2. The summed E-state index contributed by atoms with van der Waals surface area (Å²) in [6.07, 6.45) is 3.54. The van der Waals surface area contributed by atoms with E-state index in [2.05, 4.69) is 22.9 Å². The van der Waals surface area contributed by atoms with E-state index in [1.165, 1.54) is 18.7 Å². The first-order valence-corrected chi connectivity index (χ1v) is 16.9. The number of carboxylic acids is 1. The third-order valence-electron chi connectivity index (χ3n) is 7.95. The minimum absolute atomic E-state index is 0.0256. The minimum Gasteiger partial charge on any atom is -0.479 e. The van der Waals surface area contributed by atoms with Crippen LogP contribution in [0.5, 0.6) is 5.75 Å². The molecule has 0 spiro atoms. The van der Waals surface area contributed by atoms with Crippen molar-refractivity contribution in [1.29, 1.82) is 0 Å². The van der Waals surface area contributed by atoms with Crippen LogP contribution in [0.4, 0.5) is 0 Å². The molecule has 220 valence electrons. The molecule has 0 aliphatic carbocycles. The fourth-order valence-corrected chi connectivity index (χ4v) is 9.61. The number of likely N-dealkylation sites (N-methyl/N-ethyl adjacent to an activating group) is 1. The van der Waals surface area contributed by atoms with Gasteiger partial charge in [0, 0.05) is 35.6 Å². The van der Waals surface area contributed by atoms with Crippen LogP contribution >= 0.6 is 35.3 Å². The van der Waals surface area contributed by atoms with Gasteiger partial charge >= 0.3 is 11.9 Å². The number of hydrogen-bond acceptors (Lipinski definition) is 10. The lowest BCUT2D eigenvalue weighted by Crippen LogP contribution is -2.51. The summed E-state index contributed by atoms with van der Waals surface area (Å²) in [4.78, 5) is 35.5. The van der Waals surface area contributed by atoms with Gasteiger partial charge in [0.1, 0.15) is 10.8 Å². The second-order valence-corrected chi connectivity index (χ2v) is 14.7. The van der Waals surface area contributed by atoms with Crippen molar-refractivity contribution in [1.82, 2.24) is 4.90 Å². The molecule has 4 rings (SSSR count). The van der Waals surface area contributed by atoms with Crippen molar-refractivity contribution < 1.29 is 24.5 Å². The molecule has 1 aromatic rings. The summed E-state index contributed by atoms with van der Waals surface area (Å²) in [5.41, 5.74) is 0.258.